The van der Waals surface area contributed by atoms with Crippen molar-refractivity contribution in [1.29, 1.82) is 0 Å². The Balaban J connectivity index is 1.37. The molecule has 0 aromatic carbocycles. The number of aromatic nitrogens is 5. The highest BCUT2D eigenvalue weighted by molar-refractivity contribution is 5.97. The van der Waals surface area contributed by atoms with Crippen LogP contribution in [0.25, 0.3) is 11.3 Å². The summed E-state index contributed by atoms with van der Waals surface area (Å²) in [5.74, 6) is 0.260. The van der Waals surface area contributed by atoms with Crippen molar-refractivity contribution in [3.8, 4) is 5.69 Å². The summed E-state index contributed by atoms with van der Waals surface area (Å²) in [4.78, 5) is 19.0. The van der Waals surface area contributed by atoms with E-state index in [1.54, 1.807) is 21.6 Å². The molecule has 3 aromatic heterocycles. The first kappa shape index (κ1) is 22.4. The molecule has 3 aromatic rings. The largest absolute Gasteiger partial charge is 0.396 e. The van der Waals surface area contributed by atoms with Crippen molar-refractivity contribution in [3.05, 3.63) is 35.9 Å². The Hall–Kier alpha value is -3.12. The maximum absolute atomic E-state index is 14.1. The van der Waals surface area contributed by atoms with Gasteiger partial charge in [-0.15, -0.1) is 4.52 Å². The van der Waals surface area contributed by atoms with Crippen LogP contribution in [0.2, 0.25) is 0 Å². The van der Waals surface area contributed by atoms with Crippen molar-refractivity contribution < 1.29 is 27.9 Å². The molecule has 5 heterocycles. The van der Waals surface area contributed by atoms with Gasteiger partial charge in [0.2, 0.25) is 5.82 Å². The molecule has 3 fully saturated rings. The molecule has 12 heteroatoms. The number of amides is 1. The molecule has 2 saturated heterocycles. The van der Waals surface area contributed by atoms with Crippen LogP contribution in [0.15, 0.2) is 24.7 Å². The van der Waals surface area contributed by atoms with E-state index < -0.39 is 12.3 Å². The molecule has 3 aliphatic rings. The lowest BCUT2D eigenvalue weighted by Gasteiger charge is -2.54. The van der Waals surface area contributed by atoms with Crippen LogP contribution in [-0.4, -0.2) is 63.4 Å². The number of nitrogens with two attached hydrogens (primary N) is 1. The van der Waals surface area contributed by atoms with E-state index >= 15 is 0 Å². The SMILES string of the molecule is NC(=O)c1cn(-c2cn(C3CCC(CO)CC3)nc2C(F)F)[n+]2ccc(N3CC4(COC4)C3)nc12. The topological polar surface area (TPSA) is 116 Å². The van der Waals surface area contributed by atoms with Crippen molar-refractivity contribution in [2.45, 2.75) is 38.2 Å². The van der Waals surface area contributed by atoms with Crippen molar-refractivity contribution in [1.82, 2.24) is 19.4 Å². The number of primary amides is 1. The summed E-state index contributed by atoms with van der Waals surface area (Å²) in [6, 6.07) is 1.79. The van der Waals surface area contributed by atoms with E-state index in [4.69, 9.17) is 10.5 Å². The second kappa shape index (κ2) is 8.23. The van der Waals surface area contributed by atoms with E-state index in [9.17, 15) is 18.7 Å². The van der Waals surface area contributed by atoms with Crippen molar-refractivity contribution in [2.24, 2.45) is 17.1 Å². The van der Waals surface area contributed by atoms with E-state index in [-0.39, 0.29) is 40.9 Å². The molecule has 2 aliphatic heterocycles. The fraction of sp³-hybridized carbons (Fsp3) is 0.565. The van der Waals surface area contributed by atoms with E-state index in [1.807, 2.05) is 6.07 Å². The average Bonchev–Trinajstić information content (AvgIpc) is 3.39. The predicted molar refractivity (Wildman–Crippen MR) is 120 cm³/mol. The number of aliphatic hydroxyl groups excluding tert-OH is 1. The molecule has 6 rings (SSSR count). The Labute approximate surface area is 199 Å². The zero-order valence-corrected chi connectivity index (χ0v) is 19.2. The summed E-state index contributed by atoms with van der Waals surface area (Å²) in [5.41, 5.74) is 6.09. The first-order chi connectivity index (χ1) is 16.9. The highest BCUT2D eigenvalue weighted by Gasteiger charge is 2.50. The first-order valence-corrected chi connectivity index (χ1v) is 11.9. The lowest BCUT2D eigenvalue weighted by atomic mass is 9.78. The summed E-state index contributed by atoms with van der Waals surface area (Å²) in [5, 5.41) is 13.6. The van der Waals surface area contributed by atoms with Gasteiger partial charge in [0.15, 0.2) is 11.3 Å². The maximum atomic E-state index is 14.1. The quantitative estimate of drug-likeness (QED) is 0.507. The van der Waals surface area contributed by atoms with Gasteiger partial charge in [-0.1, -0.05) is 0 Å². The number of hydrogen-bond donors (Lipinski definition) is 2. The Kier molecular flexibility index (Phi) is 5.26. The van der Waals surface area contributed by atoms with E-state index in [2.05, 4.69) is 15.0 Å². The number of alkyl halides is 2. The van der Waals surface area contributed by atoms with Gasteiger partial charge >= 0.3 is 5.65 Å². The fourth-order valence-electron chi connectivity index (χ4n) is 5.55. The number of anilines is 1. The summed E-state index contributed by atoms with van der Waals surface area (Å²) >= 11 is 0. The maximum Gasteiger partial charge on any atom is 0.363 e. The lowest BCUT2D eigenvalue weighted by molar-refractivity contribution is -0.600. The standard InChI is InChI=1S/C23H27F2N7O3/c24-20(25)19-17(8-30(28-19)15-3-1-14(9-33)2-4-15)32-7-16(21(26)34)22-27-18(5-6-31(22)32)29-10-23(11-29)12-35-13-23/h5-8,14-15,20,33H,1-4,9-13H2,(H-,26,34)/p+1. The third kappa shape index (κ3) is 3.66. The molecule has 1 spiro atoms. The number of carbonyl (C=O) groups is 1. The number of hydrogen-bond acceptors (Lipinski definition) is 6. The van der Waals surface area contributed by atoms with Crippen LogP contribution >= 0.6 is 0 Å². The van der Waals surface area contributed by atoms with Crippen LogP contribution < -0.4 is 15.1 Å². The van der Waals surface area contributed by atoms with Crippen LogP contribution in [0.5, 0.6) is 0 Å². The van der Waals surface area contributed by atoms with Gasteiger partial charge in [0.05, 0.1) is 37.1 Å². The minimum absolute atomic E-state index is 0.0227. The molecule has 0 unspecified atom stereocenters. The molecular formula is C23H28F2N7O3+. The molecule has 0 radical (unpaired) electrons. The van der Waals surface area contributed by atoms with Gasteiger partial charge in [0.1, 0.15) is 11.9 Å². The number of carbonyl (C=O) groups excluding carboxylic acids is 1. The van der Waals surface area contributed by atoms with Crippen molar-refractivity contribution in [2.75, 3.05) is 37.8 Å². The predicted octanol–water partition coefficient (Wildman–Crippen LogP) is 1.40. The number of nitrogens with zero attached hydrogens (tertiary/aromatic N) is 6. The van der Waals surface area contributed by atoms with E-state index in [0.717, 1.165) is 52.0 Å². The van der Waals surface area contributed by atoms with Gasteiger partial charge in [-0.2, -0.15) is 9.78 Å². The number of fused-ring (bicyclic) bond motifs is 1. The second-order valence-electron chi connectivity index (χ2n) is 10.1. The number of halogens is 2. The highest BCUT2D eigenvalue weighted by Crippen LogP contribution is 2.39. The average molecular weight is 489 g/mol. The Morgan fingerprint density at radius 3 is 2.60 bits per heavy atom. The van der Waals surface area contributed by atoms with Crippen LogP contribution in [0.3, 0.4) is 0 Å². The van der Waals surface area contributed by atoms with Crippen molar-refractivity contribution in [3.63, 3.8) is 0 Å². The molecule has 0 atom stereocenters. The summed E-state index contributed by atoms with van der Waals surface area (Å²) in [6.07, 6.45) is 5.13. The summed E-state index contributed by atoms with van der Waals surface area (Å²) < 4.78 is 38.1. The number of ether oxygens (including phenoxy) is 1. The molecule has 10 nitrogen and oxygen atoms in total. The molecular weight excluding hydrogens is 460 g/mol. The molecule has 3 N–H and O–H groups in total. The summed E-state index contributed by atoms with van der Waals surface area (Å²) in [6.45, 7) is 3.27. The lowest BCUT2D eigenvalue weighted by Crippen LogP contribution is -2.66. The Bertz CT molecular complexity index is 1270. The normalized spacial score (nSPS) is 23.6. The molecule has 0 bridgehead atoms. The van der Waals surface area contributed by atoms with Crippen molar-refractivity contribution >= 4 is 17.4 Å². The van der Waals surface area contributed by atoms with E-state index in [1.165, 1.54) is 10.9 Å². The first-order valence-electron chi connectivity index (χ1n) is 11.9. The van der Waals surface area contributed by atoms with Gasteiger partial charge < -0.3 is 20.5 Å². The van der Waals surface area contributed by atoms with Gasteiger partial charge in [0, 0.05) is 25.8 Å². The molecule has 186 valence electrons. The molecule has 35 heavy (non-hydrogen) atoms. The summed E-state index contributed by atoms with van der Waals surface area (Å²) in [7, 11) is 0. The monoisotopic (exact) mass is 488 g/mol. The van der Waals surface area contributed by atoms with Crippen LogP contribution in [-0.2, 0) is 4.74 Å². The van der Waals surface area contributed by atoms with E-state index in [0.29, 0.717) is 11.5 Å². The smallest absolute Gasteiger partial charge is 0.363 e. The minimum Gasteiger partial charge on any atom is -0.396 e. The van der Waals surface area contributed by atoms with Gasteiger partial charge in [-0.05, 0) is 36.6 Å². The zero-order valence-electron chi connectivity index (χ0n) is 19.2. The van der Waals surface area contributed by atoms with Crippen LogP contribution in [0.1, 0.15) is 54.2 Å². The molecule has 1 saturated carbocycles. The Morgan fingerprint density at radius 1 is 1.26 bits per heavy atom. The molecule has 1 amide bonds. The molecule has 1 aliphatic carbocycles. The Morgan fingerprint density at radius 2 is 2.00 bits per heavy atom. The highest BCUT2D eigenvalue weighted by atomic mass is 19.3. The van der Waals surface area contributed by atoms with Crippen LogP contribution in [0.4, 0.5) is 14.6 Å². The zero-order chi connectivity index (χ0) is 24.3. The van der Waals surface area contributed by atoms with Crippen LogP contribution in [0, 0.1) is 11.3 Å². The number of aliphatic hydroxyl groups is 1. The second-order valence-corrected chi connectivity index (χ2v) is 10.1. The van der Waals surface area contributed by atoms with Gasteiger partial charge in [0.25, 0.3) is 12.3 Å². The van der Waals surface area contributed by atoms with Gasteiger partial charge in [-0.25, -0.2) is 8.78 Å². The fourth-order valence-corrected chi connectivity index (χ4v) is 5.55. The third-order valence-electron chi connectivity index (χ3n) is 7.63. The third-order valence-corrected chi connectivity index (χ3v) is 7.63. The van der Waals surface area contributed by atoms with Gasteiger partial charge in [-0.3, -0.25) is 9.48 Å². The number of rotatable bonds is 6. The minimum atomic E-state index is -2.80.